The van der Waals surface area contributed by atoms with Crippen molar-refractivity contribution in [1.29, 1.82) is 0 Å². The predicted octanol–water partition coefficient (Wildman–Crippen LogP) is 4.37. The van der Waals surface area contributed by atoms with Crippen LogP contribution < -0.4 is 9.47 Å². The number of carbonyl (C=O) groups is 1. The van der Waals surface area contributed by atoms with Gasteiger partial charge in [-0.2, -0.15) is 0 Å². The molecule has 2 N–H and O–H groups in total. The van der Waals surface area contributed by atoms with Gasteiger partial charge in [-0.05, 0) is 91.4 Å². The maximum atomic E-state index is 13.6. The first-order valence-electron chi connectivity index (χ1n) is 12.8. The van der Waals surface area contributed by atoms with Crippen LogP contribution in [-0.4, -0.2) is 84.0 Å². The zero-order valence-corrected chi connectivity index (χ0v) is 21.4. The molecule has 0 radical (unpaired) electrons. The molecule has 0 bridgehead atoms. The van der Waals surface area contributed by atoms with Crippen LogP contribution in [0.1, 0.15) is 36.0 Å². The van der Waals surface area contributed by atoms with Gasteiger partial charge in [-0.15, -0.1) is 0 Å². The summed E-state index contributed by atoms with van der Waals surface area (Å²) in [6.07, 6.45) is 2.16. The third-order valence-corrected chi connectivity index (χ3v) is 7.21. The quantitative estimate of drug-likeness (QED) is 0.273. The zero-order valence-electron chi connectivity index (χ0n) is 21.4. The summed E-state index contributed by atoms with van der Waals surface area (Å²) in [5.74, 6) is -0.686. The molecule has 1 aliphatic rings. The van der Waals surface area contributed by atoms with E-state index in [1.54, 1.807) is 42.5 Å². The number of carboxylic acids is 1. The Balaban J connectivity index is 0.00000420. The number of aliphatic hydroxyl groups is 1. The average molecular weight is 550 g/mol. The van der Waals surface area contributed by atoms with E-state index < -0.39 is 11.6 Å². The van der Waals surface area contributed by atoms with Crippen molar-refractivity contribution in [2.45, 2.75) is 31.3 Å². The number of nitrogens with zero attached hydrogens (tertiary/aromatic N) is 1. The van der Waals surface area contributed by atoms with Crippen LogP contribution in [0.5, 0.6) is 11.5 Å². The van der Waals surface area contributed by atoms with Crippen molar-refractivity contribution in [3.05, 3.63) is 95.1 Å². The molecule has 6 nitrogen and oxygen atoms in total. The van der Waals surface area contributed by atoms with E-state index in [2.05, 4.69) is 4.90 Å². The third kappa shape index (κ3) is 7.80. The molecule has 1 saturated heterocycles. The van der Waals surface area contributed by atoms with Crippen LogP contribution in [-0.2, 0) is 16.8 Å². The Hall–Kier alpha value is -2.49. The van der Waals surface area contributed by atoms with Crippen LogP contribution in [0.3, 0.4) is 0 Å². The number of carboxylic acid groups (broad SMARTS) is 1. The van der Waals surface area contributed by atoms with Crippen molar-refractivity contribution in [1.82, 2.24) is 4.90 Å². The zero-order chi connectivity index (χ0) is 27.1. The first-order chi connectivity index (χ1) is 18.3. The van der Waals surface area contributed by atoms with Crippen molar-refractivity contribution < 1.29 is 33.3 Å². The van der Waals surface area contributed by atoms with E-state index in [-0.39, 0.29) is 53.5 Å². The van der Waals surface area contributed by atoms with Crippen LogP contribution in [0.25, 0.3) is 0 Å². The second-order valence-electron chi connectivity index (χ2n) is 9.65. The topological polar surface area (TPSA) is 79.2 Å². The van der Waals surface area contributed by atoms with E-state index in [1.807, 2.05) is 0 Å². The van der Waals surface area contributed by atoms with Gasteiger partial charge >= 0.3 is 35.5 Å². The Morgan fingerprint density at radius 2 is 1.51 bits per heavy atom. The fraction of sp³-hybridized carbons (Fsp3) is 0.367. The van der Waals surface area contributed by atoms with E-state index in [0.29, 0.717) is 34.8 Å². The molecule has 0 atom stereocenters. The van der Waals surface area contributed by atoms with E-state index in [4.69, 9.17) is 14.6 Å². The molecule has 204 valence electrons. The maximum absolute atomic E-state index is 13.6. The number of methoxy groups -OCH3 is 1. The first kappa shape index (κ1) is 31.0. The molecule has 0 unspecified atom stereocenters. The Morgan fingerprint density at radius 3 is 2.03 bits per heavy atom. The van der Waals surface area contributed by atoms with Gasteiger partial charge in [-0.25, -0.2) is 8.78 Å². The van der Waals surface area contributed by atoms with Gasteiger partial charge in [0.05, 0.1) is 20.1 Å². The molecule has 3 aromatic rings. The van der Waals surface area contributed by atoms with Crippen LogP contribution in [0.2, 0.25) is 0 Å². The number of piperidine rings is 1. The molecule has 0 amide bonds. The second-order valence-corrected chi connectivity index (χ2v) is 9.65. The van der Waals surface area contributed by atoms with Crippen molar-refractivity contribution in [2.75, 3.05) is 33.4 Å². The fourth-order valence-corrected chi connectivity index (χ4v) is 5.21. The number of rotatable bonds is 11. The second kappa shape index (κ2) is 14.2. The van der Waals surface area contributed by atoms with Crippen LogP contribution in [0.4, 0.5) is 8.78 Å². The van der Waals surface area contributed by atoms with E-state index in [1.165, 1.54) is 31.4 Å². The molecule has 0 aromatic heterocycles. The molecule has 39 heavy (non-hydrogen) atoms. The molecule has 0 spiro atoms. The van der Waals surface area contributed by atoms with E-state index >= 15 is 0 Å². The van der Waals surface area contributed by atoms with E-state index in [0.717, 1.165) is 38.9 Å². The minimum atomic E-state index is -1.35. The number of hydrogen-bond acceptors (Lipinski definition) is 5. The summed E-state index contributed by atoms with van der Waals surface area (Å²) in [4.78, 5) is 13.3. The Bertz CT molecular complexity index is 1170. The SMILES string of the molecule is COc1cc(CC(=O)O)ccc1OCCCN1CCC(C(O)(c2ccc(F)cc2)c2ccc(F)cc2)CC1.[NaH]. The summed E-state index contributed by atoms with van der Waals surface area (Å²) in [5.41, 5.74) is 0.493. The number of hydrogen-bond donors (Lipinski definition) is 2. The van der Waals surface area contributed by atoms with Gasteiger partial charge in [0.15, 0.2) is 11.5 Å². The van der Waals surface area contributed by atoms with Gasteiger partial charge < -0.3 is 24.6 Å². The number of ether oxygens (including phenoxy) is 2. The molecule has 1 heterocycles. The number of halogens is 2. The minimum absolute atomic E-state index is 0. The molecule has 0 saturated carbocycles. The van der Waals surface area contributed by atoms with Gasteiger partial charge in [-0.3, -0.25) is 4.79 Å². The molecule has 3 aromatic carbocycles. The molecular formula is C30H34F2NNaO5. The van der Waals surface area contributed by atoms with Crippen molar-refractivity contribution in [3.8, 4) is 11.5 Å². The molecule has 9 heteroatoms. The van der Waals surface area contributed by atoms with Crippen molar-refractivity contribution >= 4 is 35.5 Å². The summed E-state index contributed by atoms with van der Waals surface area (Å²) < 4.78 is 38.5. The summed E-state index contributed by atoms with van der Waals surface area (Å²) in [6.45, 7) is 2.85. The summed E-state index contributed by atoms with van der Waals surface area (Å²) in [6, 6.07) is 16.9. The fourth-order valence-electron chi connectivity index (χ4n) is 5.21. The van der Waals surface area contributed by atoms with E-state index in [9.17, 15) is 18.7 Å². The normalized spacial score (nSPS) is 14.5. The van der Waals surface area contributed by atoms with Crippen molar-refractivity contribution in [2.24, 2.45) is 5.92 Å². The third-order valence-electron chi connectivity index (χ3n) is 7.21. The van der Waals surface area contributed by atoms with Crippen LogP contribution >= 0.6 is 0 Å². The Labute approximate surface area is 249 Å². The van der Waals surface area contributed by atoms with Gasteiger partial charge in [0.1, 0.15) is 17.2 Å². The Morgan fingerprint density at radius 1 is 0.949 bits per heavy atom. The van der Waals surface area contributed by atoms with Crippen LogP contribution in [0, 0.1) is 17.6 Å². The molecule has 1 fully saturated rings. The van der Waals surface area contributed by atoms with Gasteiger partial charge in [0.25, 0.3) is 0 Å². The van der Waals surface area contributed by atoms with Crippen molar-refractivity contribution in [3.63, 3.8) is 0 Å². The number of benzene rings is 3. The first-order valence-corrected chi connectivity index (χ1v) is 12.8. The van der Waals surface area contributed by atoms with Crippen LogP contribution in [0.15, 0.2) is 66.7 Å². The summed E-state index contributed by atoms with van der Waals surface area (Å²) >= 11 is 0. The molecule has 4 rings (SSSR count). The van der Waals surface area contributed by atoms with Gasteiger partial charge in [0, 0.05) is 6.54 Å². The summed E-state index contributed by atoms with van der Waals surface area (Å²) in [7, 11) is 1.52. The van der Waals surface area contributed by atoms with Gasteiger partial charge in [-0.1, -0.05) is 30.3 Å². The van der Waals surface area contributed by atoms with Gasteiger partial charge in [0.2, 0.25) is 0 Å². The molecular weight excluding hydrogens is 515 g/mol. The standard InChI is InChI=1S/C30H33F2NO5.Na.H/c1-37-28-19-21(20-29(34)35)3-12-27(28)38-18-2-15-33-16-13-24(14-17-33)30(36,22-4-8-25(31)9-5-22)23-6-10-26(32)11-7-23;;/h3-12,19,24,36H,2,13-18,20H2,1H3,(H,34,35);;. The summed E-state index contributed by atoms with van der Waals surface area (Å²) in [5, 5.41) is 21.0. The molecule has 1 aliphatic heterocycles. The molecule has 0 aliphatic carbocycles. The number of likely N-dealkylation sites (tertiary alicyclic amines) is 1. The predicted molar refractivity (Wildman–Crippen MR) is 147 cm³/mol. The average Bonchev–Trinajstić information content (AvgIpc) is 2.92. The Kier molecular flexibility index (Phi) is 11.3. The monoisotopic (exact) mass is 549 g/mol. The number of aliphatic carboxylic acids is 1.